The Morgan fingerprint density at radius 3 is 2.94 bits per heavy atom. The number of ether oxygens (including phenoxy) is 1. The summed E-state index contributed by atoms with van der Waals surface area (Å²) in [7, 11) is 1.76. The SMILES string of the molecule is COc1c2n(c3cccc(C)c13)CCNC2.Cl. The third-order valence-corrected chi connectivity index (χ3v) is 3.37. The molecular weight excluding hydrogens is 236 g/mol. The molecule has 17 heavy (non-hydrogen) atoms. The molecule has 0 aliphatic carbocycles. The number of hydrogen-bond acceptors (Lipinski definition) is 2. The molecule has 0 spiro atoms. The number of benzene rings is 1. The Morgan fingerprint density at radius 1 is 1.35 bits per heavy atom. The third-order valence-electron chi connectivity index (χ3n) is 3.37. The molecule has 3 nitrogen and oxygen atoms in total. The van der Waals surface area contributed by atoms with Gasteiger partial charge in [0.25, 0.3) is 0 Å². The van der Waals surface area contributed by atoms with Crippen molar-refractivity contribution in [3.63, 3.8) is 0 Å². The van der Waals surface area contributed by atoms with E-state index in [9.17, 15) is 0 Å². The van der Waals surface area contributed by atoms with Gasteiger partial charge in [-0.2, -0.15) is 0 Å². The van der Waals surface area contributed by atoms with Crippen LogP contribution in [0.2, 0.25) is 0 Å². The molecule has 92 valence electrons. The van der Waals surface area contributed by atoms with Crippen molar-refractivity contribution in [2.45, 2.75) is 20.0 Å². The zero-order valence-corrected chi connectivity index (χ0v) is 10.9. The standard InChI is InChI=1S/C13H16N2O.ClH/c1-9-4-3-5-10-12(9)13(16-2)11-8-14-6-7-15(10)11;/h3-5,14H,6-8H2,1-2H3;1H. The summed E-state index contributed by atoms with van der Waals surface area (Å²) in [6.07, 6.45) is 0. The highest BCUT2D eigenvalue weighted by atomic mass is 35.5. The minimum atomic E-state index is 0. The Bertz CT molecular complexity index is 548. The first-order chi connectivity index (χ1) is 7.83. The van der Waals surface area contributed by atoms with Crippen LogP contribution >= 0.6 is 12.4 Å². The molecule has 2 heterocycles. The van der Waals surface area contributed by atoms with Gasteiger partial charge in [0.1, 0.15) is 5.75 Å². The lowest BCUT2D eigenvalue weighted by atomic mass is 10.1. The minimum Gasteiger partial charge on any atom is -0.494 e. The maximum atomic E-state index is 5.59. The molecule has 0 radical (unpaired) electrons. The predicted octanol–water partition coefficient (Wildman–Crippen LogP) is 2.48. The second-order valence-electron chi connectivity index (χ2n) is 4.28. The van der Waals surface area contributed by atoms with Gasteiger partial charge >= 0.3 is 0 Å². The number of nitrogens with zero attached hydrogens (tertiary/aromatic N) is 1. The van der Waals surface area contributed by atoms with Crippen molar-refractivity contribution in [2.75, 3.05) is 13.7 Å². The number of aryl methyl sites for hydroxylation is 1. The van der Waals surface area contributed by atoms with Gasteiger partial charge in [-0.3, -0.25) is 0 Å². The van der Waals surface area contributed by atoms with Crippen molar-refractivity contribution in [3.05, 3.63) is 29.5 Å². The molecule has 1 N–H and O–H groups in total. The number of halogens is 1. The molecule has 1 aromatic carbocycles. The van der Waals surface area contributed by atoms with Crippen LogP contribution in [0.3, 0.4) is 0 Å². The lowest BCUT2D eigenvalue weighted by molar-refractivity contribution is 0.400. The van der Waals surface area contributed by atoms with Gasteiger partial charge in [-0.15, -0.1) is 12.4 Å². The molecule has 2 aromatic rings. The molecule has 0 fully saturated rings. The fourth-order valence-corrected chi connectivity index (χ4v) is 2.63. The van der Waals surface area contributed by atoms with E-state index < -0.39 is 0 Å². The highest BCUT2D eigenvalue weighted by Gasteiger charge is 2.20. The maximum absolute atomic E-state index is 5.59. The van der Waals surface area contributed by atoms with Gasteiger partial charge in [0, 0.05) is 25.0 Å². The van der Waals surface area contributed by atoms with Gasteiger partial charge in [-0.1, -0.05) is 12.1 Å². The van der Waals surface area contributed by atoms with E-state index in [-0.39, 0.29) is 12.4 Å². The van der Waals surface area contributed by atoms with Crippen molar-refractivity contribution in [1.82, 2.24) is 9.88 Å². The van der Waals surface area contributed by atoms with Crippen LogP contribution in [-0.2, 0) is 13.1 Å². The number of nitrogens with one attached hydrogen (secondary N) is 1. The van der Waals surface area contributed by atoms with Gasteiger partial charge in [0.2, 0.25) is 0 Å². The Morgan fingerprint density at radius 2 is 2.18 bits per heavy atom. The van der Waals surface area contributed by atoms with E-state index in [0.29, 0.717) is 0 Å². The summed E-state index contributed by atoms with van der Waals surface area (Å²) in [5, 5.41) is 4.66. The van der Waals surface area contributed by atoms with Crippen molar-refractivity contribution in [1.29, 1.82) is 0 Å². The molecule has 0 unspecified atom stereocenters. The number of fused-ring (bicyclic) bond motifs is 3. The van der Waals surface area contributed by atoms with Gasteiger partial charge in [-0.25, -0.2) is 0 Å². The summed E-state index contributed by atoms with van der Waals surface area (Å²) < 4.78 is 7.96. The van der Waals surface area contributed by atoms with Gasteiger partial charge in [-0.05, 0) is 18.6 Å². The molecular formula is C13H17ClN2O. The van der Waals surface area contributed by atoms with E-state index in [4.69, 9.17) is 4.74 Å². The second-order valence-corrected chi connectivity index (χ2v) is 4.28. The first-order valence-corrected chi connectivity index (χ1v) is 5.68. The van der Waals surface area contributed by atoms with Gasteiger partial charge in [0.15, 0.2) is 0 Å². The average molecular weight is 253 g/mol. The fourth-order valence-electron chi connectivity index (χ4n) is 2.63. The highest BCUT2D eigenvalue weighted by Crippen LogP contribution is 2.36. The van der Waals surface area contributed by atoms with Crippen molar-refractivity contribution in [3.8, 4) is 5.75 Å². The molecule has 1 aliphatic rings. The number of rotatable bonds is 1. The van der Waals surface area contributed by atoms with Crippen LogP contribution < -0.4 is 10.1 Å². The molecule has 0 amide bonds. The molecule has 3 rings (SSSR count). The van der Waals surface area contributed by atoms with Crippen LogP contribution in [0.25, 0.3) is 10.9 Å². The van der Waals surface area contributed by atoms with E-state index in [1.54, 1.807) is 7.11 Å². The summed E-state index contributed by atoms with van der Waals surface area (Å²) in [4.78, 5) is 0. The van der Waals surface area contributed by atoms with E-state index in [1.807, 2.05) is 0 Å². The lowest BCUT2D eigenvalue weighted by Gasteiger charge is -2.17. The Kier molecular flexibility index (Phi) is 3.31. The zero-order valence-electron chi connectivity index (χ0n) is 10.1. The van der Waals surface area contributed by atoms with Crippen molar-refractivity contribution >= 4 is 23.3 Å². The highest BCUT2D eigenvalue weighted by molar-refractivity contribution is 5.91. The monoisotopic (exact) mass is 252 g/mol. The Labute approximate surface area is 107 Å². The van der Waals surface area contributed by atoms with Crippen molar-refractivity contribution in [2.24, 2.45) is 0 Å². The van der Waals surface area contributed by atoms with Crippen LogP contribution in [-0.4, -0.2) is 18.2 Å². The van der Waals surface area contributed by atoms with Gasteiger partial charge in [0.05, 0.1) is 18.3 Å². The smallest absolute Gasteiger partial charge is 0.149 e. The Hall–Kier alpha value is -1.19. The lowest BCUT2D eigenvalue weighted by Crippen LogP contribution is -2.27. The first kappa shape index (κ1) is 12.3. The molecule has 0 atom stereocenters. The summed E-state index contributed by atoms with van der Waals surface area (Å²) >= 11 is 0. The second kappa shape index (κ2) is 4.59. The quantitative estimate of drug-likeness (QED) is 0.844. The summed E-state index contributed by atoms with van der Waals surface area (Å²) in [6, 6.07) is 6.44. The Balaban J connectivity index is 0.00000108. The molecule has 0 bridgehead atoms. The van der Waals surface area contributed by atoms with Crippen LogP contribution in [0.15, 0.2) is 18.2 Å². The minimum absolute atomic E-state index is 0. The summed E-state index contributed by atoms with van der Waals surface area (Å²) in [5.41, 5.74) is 3.86. The van der Waals surface area contributed by atoms with Crippen LogP contribution in [0.1, 0.15) is 11.3 Å². The van der Waals surface area contributed by atoms with E-state index in [1.165, 1.54) is 22.2 Å². The van der Waals surface area contributed by atoms with Crippen LogP contribution in [0.5, 0.6) is 5.75 Å². The first-order valence-electron chi connectivity index (χ1n) is 5.68. The molecule has 4 heteroatoms. The summed E-state index contributed by atoms with van der Waals surface area (Å²) in [6.45, 7) is 5.11. The predicted molar refractivity (Wildman–Crippen MR) is 72.2 cm³/mol. The fraction of sp³-hybridized carbons (Fsp3) is 0.385. The normalized spacial score (nSPS) is 14.2. The maximum Gasteiger partial charge on any atom is 0.149 e. The summed E-state index contributed by atoms with van der Waals surface area (Å²) in [5.74, 6) is 1.04. The van der Waals surface area contributed by atoms with Crippen LogP contribution in [0, 0.1) is 6.92 Å². The zero-order chi connectivity index (χ0) is 11.1. The molecule has 1 aliphatic heterocycles. The molecule has 0 saturated heterocycles. The number of methoxy groups -OCH3 is 1. The van der Waals surface area contributed by atoms with E-state index in [0.717, 1.165) is 25.4 Å². The number of hydrogen-bond donors (Lipinski definition) is 1. The van der Waals surface area contributed by atoms with Crippen LogP contribution in [0.4, 0.5) is 0 Å². The van der Waals surface area contributed by atoms with E-state index >= 15 is 0 Å². The largest absolute Gasteiger partial charge is 0.494 e. The molecule has 1 aromatic heterocycles. The van der Waals surface area contributed by atoms with Crippen molar-refractivity contribution < 1.29 is 4.74 Å². The van der Waals surface area contributed by atoms with E-state index in [2.05, 4.69) is 35.0 Å². The topological polar surface area (TPSA) is 26.2 Å². The van der Waals surface area contributed by atoms with Gasteiger partial charge < -0.3 is 14.6 Å². The molecule has 0 saturated carbocycles. The number of aromatic nitrogens is 1. The third kappa shape index (κ3) is 1.70. The average Bonchev–Trinajstić information content (AvgIpc) is 2.65.